The Kier molecular flexibility index (Phi) is 12.9. The predicted molar refractivity (Wildman–Crippen MR) is 44.2 cm³/mol. The molecule has 0 aliphatic carbocycles. The van der Waals surface area contributed by atoms with Crippen LogP contribution >= 0.6 is 0 Å². The van der Waals surface area contributed by atoms with Crippen LogP contribution in [0.4, 0.5) is 0 Å². The van der Waals surface area contributed by atoms with Crippen molar-refractivity contribution < 1.29 is 30.3 Å². The van der Waals surface area contributed by atoms with Gasteiger partial charge >= 0.3 is 5.97 Å². The van der Waals surface area contributed by atoms with Crippen molar-refractivity contribution in [1.29, 1.82) is 0 Å². The van der Waals surface area contributed by atoms with Gasteiger partial charge in [-0.1, -0.05) is 6.92 Å². The van der Waals surface area contributed by atoms with Gasteiger partial charge in [0, 0.05) is 6.42 Å². The minimum Gasteiger partial charge on any atom is -0.481 e. The topological polar surface area (TPSA) is 107 Å². The summed E-state index contributed by atoms with van der Waals surface area (Å²) >= 11 is 0. The van der Waals surface area contributed by atoms with Gasteiger partial charge in [-0.3, -0.25) is 10.1 Å². The number of hydrogen-bond donors (Lipinski definition) is 4. The van der Waals surface area contributed by atoms with Gasteiger partial charge in [0.15, 0.2) is 0 Å². The van der Waals surface area contributed by atoms with E-state index >= 15 is 0 Å². The van der Waals surface area contributed by atoms with E-state index in [1.54, 1.807) is 0 Å². The third-order valence-corrected chi connectivity index (χ3v) is 0.942. The van der Waals surface area contributed by atoms with Crippen LogP contribution in [0, 0.1) is 0 Å². The number of carboxylic acid groups (broad SMARTS) is 1. The normalized spacial score (nSPS) is 11.4. The summed E-state index contributed by atoms with van der Waals surface area (Å²) in [4.78, 5) is 13.1. The fourth-order valence-electron chi connectivity index (χ4n) is 0.353. The molecule has 0 amide bonds. The summed E-state index contributed by atoms with van der Waals surface area (Å²) in [6.45, 7) is 1.21. The molecule has 6 nitrogen and oxygen atoms in total. The Morgan fingerprint density at radius 2 is 2.08 bits per heavy atom. The number of hydrogen-bond acceptors (Lipinski definition) is 5. The van der Waals surface area contributed by atoms with Crippen LogP contribution in [-0.4, -0.2) is 45.9 Å². The highest BCUT2D eigenvalue weighted by atomic mass is 17.1. The van der Waals surface area contributed by atoms with Crippen molar-refractivity contribution in [1.82, 2.24) is 0 Å². The molecule has 0 radical (unpaired) electrons. The maximum absolute atomic E-state index is 9.60. The van der Waals surface area contributed by atoms with E-state index in [1.165, 1.54) is 0 Å². The zero-order chi connectivity index (χ0) is 10.7. The SMILES string of the molecule is CCCC(=O)O.OCC(O)COO. The van der Waals surface area contributed by atoms with Crippen LogP contribution in [0.25, 0.3) is 0 Å². The van der Waals surface area contributed by atoms with Crippen LogP contribution in [0.5, 0.6) is 0 Å². The summed E-state index contributed by atoms with van der Waals surface area (Å²) in [7, 11) is 0. The molecule has 0 saturated heterocycles. The van der Waals surface area contributed by atoms with Gasteiger partial charge in [0.05, 0.1) is 6.61 Å². The van der Waals surface area contributed by atoms with E-state index in [-0.39, 0.29) is 13.2 Å². The van der Waals surface area contributed by atoms with Gasteiger partial charge < -0.3 is 15.3 Å². The Balaban J connectivity index is 0. The standard InChI is InChI=1S/C4H8O2.C3H8O4/c1-2-3-4(5)6;4-1-3(5)2-7-6/h2-3H2,1H3,(H,5,6);3-6H,1-2H2. The molecule has 0 fully saturated rings. The Hall–Kier alpha value is -0.690. The Labute approximate surface area is 76.3 Å². The lowest BCUT2D eigenvalue weighted by Gasteiger charge is -2.00. The fourth-order valence-corrected chi connectivity index (χ4v) is 0.353. The number of aliphatic hydroxyl groups is 2. The summed E-state index contributed by atoms with van der Waals surface area (Å²) < 4.78 is 0. The summed E-state index contributed by atoms with van der Waals surface area (Å²) in [5, 5.41) is 31.9. The third-order valence-electron chi connectivity index (χ3n) is 0.942. The number of aliphatic carboxylic acids is 1. The molecular formula is C7H16O6. The quantitative estimate of drug-likeness (QED) is 0.355. The maximum Gasteiger partial charge on any atom is 0.303 e. The average Bonchev–Trinajstić information content (AvgIpc) is 2.05. The van der Waals surface area contributed by atoms with Crippen molar-refractivity contribution in [3.8, 4) is 0 Å². The third kappa shape index (κ3) is 18.3. The van der Waals surface area contributed by atoms with E-state index in [9.17, 15) is 4.79 Å². The predicted octanol–water partition coefficient (Wildman–Crippen LogP) is -0.300. The molecule has 0 bridgehead atoms. The molecule has 1 unspecified atom stereocenters. The van der Waals surface area contributed by atoms with Crippen LogP contribution < -0.4 is 0 Å². The van der Waals surface area contributed by atoms with Crippen LogP contribution in [-0.2, 0) is 9.68 Å². The molecular weight excluding hydrogens is 180 g/mol. The Bertz CT molecular complexity index is 116. The lowest BCUT2D eigenvalue weighted by Crippen LogP contribution is -2.17. The lowest BCUT2D eigenvalue weighted by molar-refractivity contribution is -0.258. The molecule has 0 heterocycles. The highest BCUT2D eigenvalue weighted by Gasteiger charge is 1.98. The molecule has 0 aromatic rings. The van der Waals surface area contributed by atoms with Crippen molar-refractivity contribution >= 4 is 5.97 Å². The second-order valence-electron chi connectivity index (χ2n) is 2.28. The van der Waals surface area contributed by atoms with Gasteiger partial charge in [-0.15, -0.1) is 0 Å². The van der Waals surface area contributed by atoms with E-state index in [4.69, 9.17) is 20.6 Å². The Morgan fingerprint density at radius 3 is 2.15 bits per heavy atom. The molecule has 0 spiro atoms. The van der Waals surface area contributed by atoms with Crippen molar-refractivity contribution in [3.63, 3.8) is 0 Å². The van der Waals surface area contributed by atoms with E-state index in [1.807, 2.05) is 6.92 Å². The molecule has 0 saturated carbocycles. The smallest absolute Gasteiger partial charge is 0.303 e. The highest BCUT2D eigenvalue weighted by Crippen LogP contribution is 1.82. The lowest BCUT2D eigenvalue weighted by atomic mass is 10.4. The second kappa shape index (κ2) is 11.3. The van der Waals surface area contributed by atoms with Crippen LogP contribution in [0.3, 0.4) is 0 Å². The van der Waals surface area contributed by atoms with Crippen LogP contribution in [0.2, 0.25) is 0 Å². The number of rotatable bonds is 5. The van der Waals surface area contributed by atoms with Crippen molar-refractivity contribution in [3.05, 3.63) is 0 Å². The summed E-state index contributed by atoms with van der Waals surface area (Å²) in [6.07, 6.45) is 0.0556. The molecule has 0 rings (SSSR count). The van der Waals surface area contributed by atoms with Gasteiger partial charge in [0.2, 0.25) is 0 Å². The van der Waals surface area contributed by atoms with Gasteiger partial charge in [0.25, 0.3) is 0 Å². The van der Waals surface area contributed by atoms with Gasteiger partial charge in [-0.25, -0.2) is 4.89 Å². The highest BCUT2D eigenvalue weighted by molar-refractivity contribution is 5.66. The van der Waals surface area contributed by atoms with E-state index in [0.29, 0.717) is 6.42 Å². The maximum atomic E-state index is 9.60. The first kappa shape index (κ1) is 14.8. The first-order valence-corrected chi connectivity index (χ1v) is 3.85. The Morgan fingerprint density at radius 1 is 1.54 bits per heavy atom. The van der Waals surface area contributed by atoms with Gasteiger partial charge in [-0.05, 0) is 6.42 Å². The van der Waals surface area contributed by atoms with Crippen molar-refractivity contribution in [2.24, 2.45) is 0 Å². The summed E-state index contributed by atoms with van der Waals surface area (Å²) in [5.41, 5.74) is 0. The zero-order valence-electron chi connectivity index (χ0n) is 7.51. The summed E-state index contributed by atoms with van der Waals surface area (Å²) in [6, 6.07) is 0. The molecule has 0 aliphatic heterocycles. The molecule has 0 aromatic carbocycles. The largest absolute Gasteiger partial charge is 0.481 e. The van der Waals surface area contributed by atoms with Crippen LogP contribution in [0.15, 0.2) is 0 Å². The fraction of sp³-hybridized carbons (Fsp3) is 0.857. The van der Waals surface area contributed by atoms with Crippen LogP contribution in [0.1, 0.15) is 19.8 Å². The van der Waals surface area contributed by atoms with Crippen molar-refractivity contribution in [2.75, 3.05) is 13.2 Å². The number of carboxylic acids is 1. The molecule has 4 N–H and O–H groups in total. The zero-order valence-corrected chi connectivity index (χ0v) is 7.51. The van der Waals surface area contributed by atoms with E-state index in [0.717, 1.165) is 6.42 Å². The molecule has 0 aliphatic rings. The molecule has 80 valence electrons. The molecule has 6 heteroatoms. The average molecular weight is 196 g/mol. The number of aliphatic hydroxyl groups excluding tert-OH is 2. The monoisotopic (exact) mass is 196 g/mol. The van der Waals surface area contributed by atoms with Crippen molar-refractivity contribution in [2.45, 2.75) is 25.9 Å². The summed E-state index contributed by atoms with van der Waals surface area (Å²) in [5.74, 6) is -0.711. The van der Waals surface area contributed by atoms with Gasteiger partial charge in [-0.2, -0.15) is 0 Å². The molecule has 1 atom stereocenters. The number of carbonyl (C=O) groups is 1. The second-order valence-corrected chi connectivity index (χ2v) is 2.28. The first-order valence-electron chi connectivity index (χ1n) is 3.85. The molecule has 0 aromatic heterocycles. The van der Waals surface area contributed by atoms with E-state index < -0.39 is 12.1 Å². The molecule has 13 heavy (non-hydrogen) atoms. The minimum atomic E-state index is -0.968. The minimum absolute atomic E-state index is 0.240. The van der Waals surface area contributed by atoms with Gasteiger partial charge in [0.1, 0.15) is 12.7 Å². The van der Waals surface area contributed by atoms with E-state index in [2.05, 4.69) is 4.89 Å². The first-order chi connectivity index (χ1) is 6.08.